The molecular weight excluding hydrogens is 310 g/mol. The van der Waals surface area contributed by atoms with Crippen LogP contribution in [0.5, 0.6) is 0 Å². The summed E-state index contributed by atoms with van der Waals surface area (Å²) < 4.78 is 0. The maximum Gasteiger partial charge on any atom is 0.133 e. The molecular formula is C22H35NO2. The number of ketones is 1. The van der Waals surface area contributed by atoms with Gasteiger partial charge in [0.25, 0.3) is 0 Å². The zero-order valence-corrected chi connectivity index (χ0v) is 16.1. The minimum absolute atomic E-state index is 0.290. The Hall–Kier alpha value is -0.410. The molecule has 0 heterocycles. The summed E-state index contributed by atoms with van der Waals surface area (Å²) in [6.45, 7) is 6.78. The third-order valence-electron chi connectivity index (χ3n) is 9.81. The van der Waals surface area contributed by atoms with Crippen molar-refractivity contribution in [1.82, 2.24) is 0 Å². The van der Waals surface area contributed by atoms with Crippen LogP contribution in [0.3, 0.4) is 0 Å². The van der Waals surface area contributed by atoms with Crippen molar-refractivity contribution in [3.63, 3.8) is 0 Å². The first-order valence-electron chi connectivity index (χ1n) is 10.8. The maximum absolute atomic E-state index is 12.3. The highest BCUT2D eigenvalue weighted by molar-refractivity contribution is 5.79. The first-order valence-corrected chi connectivity index (χ1v) is 10.8. The quantitative estimate of drug-likeness (QED) is 0.763. The largest absolute Gasteiger partial charge is 0.301 e. The molecule has 25 heavy (non-hydrogen) atoms. The summed E-state index contributed by atoms with van der Waals surface area (Å²) >= 11 is 0. The molecule has 5 saturated carbocycles. The molecule has 0 aromatic carbocycles. The number of carbonyl (C=O) groups is 1. The van der Waals surface area contributed by atoms with Crippen LogP contribution in [-0.2, 0) is 9.63 Å². The van der Waals surface area contributed by atoms with E-state index in [2.05, 4.69) is 13.8 Å². The van der Waals surface area contributed by atoms with E-state index in [1.54, 1.807) is 0 Å². The summed E-state index contributed by atoms with van der Waals surface area (Å²) in [6, 6.07) is 0. The van der Waals surface area contributed by atoms with Crippen molar-refractivity contribution in [2.24, 2.45) is 64.6 Å². The third-order valence-corrected chi connectivity index (χ3v) is 9.81. The van der Waals surface area contributed by atoms with Gasteiger partial charge in [0.1, 0.15) is 5.78 Å². The summed E-state index contributed by atoms with van der Waals surface area (Å²) in [5, 5.41) is 0. The van der Waals surface area contributed by atoms with Crippen molar-refractivity contribution in [3.05, 3.63) is 0 Å². The minimum Gasteiger partial charge on any atom is -0.301 e. The normalized spacial score (nSPS) is 59.4. The highest BCUT2D eigenvalue weighted by Gasteiger charge is 2.75. The summed E-state index contributed by atoms with van der Waals surface area (Å²) in [4.78, 5) is 17.6. The molecule has 140 valence electrons. The van der Waals surface area contributed by atoms with Crippen molar-refractivity contribution in [2.45, 2.75) is 71.8 Å². The topological polar surface area (TPSA) is 52.3 Å². The Morgan fingerprint density at radius 2 is 1.76 bits per heavy atom. The molecule has 9 atom stereocenters. The maximum atomic E-state index is 12.3. The Bertz CT molecular complexity index is 566. The highest BCUT2D eigenvalue weighted by atomic mass is 16.6. The average molecular weight is 346 g/mol. The van der Waals surface area contributed by atoms with E-state index in [0.29, 0.717) is 17.8 Å². The number of nitrogens with two attached hydrogens (primary N) is 1. The van der Waals surface area contributed by atoms with Crippen LogP contribution in [0.15, 0.2) is 0 Å². The fourth-order valence-corrected chi connectivity index (χ4v) is 8.39. The minimum atomic E-state index is 0.290. The fraction of sp³-hybridized carbons (Fsp3) is 0.955. The molecule has 5 fully saturated rings. The Morgan fingerprint density at radius 1 is 1.00 bits per heavy atom. The van der Waals surface area contributed by atoms with E-state index < -0.39 is 0 Å². The van der Waals surface area contributed by atoms with Crippen molar-refractivity contribution in [3.8, 4) is 0 Å². The number of carbonyl (C=O) groups excluding carboxylic acids is 1. The van der Waals surface area contributed by atoms with Crippen molar-refractivity contribution >= 4 is 5.78 Å². The van der Waals surface area contributed by atoms with Gasteiger partial charge in [0, 0.05) is 5.92 Å². The number of fused-ring (bicyclic) bond motifs is 5. The molecule has 0 bridgehead atoms. The number of rotatable bonds is 2. The predicted molar refractivity (Wildman–Crippen MR) is 97.3 cm³/mol. The smallest absolute Gasteiger partial charge is 0.133 e. The lowest BCUT2D eigenvalue weighted by atomic mass is 9.54. The van der Waals surface area contributed by atoms with Gasteiger partial charge in [-0.2, -0.15) is 0 Å². The summed E-state index contributed by atoms with van der Waals surface area (Å²) in [5.74, 6) is 13.3. The van der Waals surface area contributed by atoms with Crippen LogP contribution in [0, 0.1) is 58.7 Å². The lowest BCUT2D eigenvalue weighted by Crippen LogP contribution is -2.45. The zero-order chi connectivity index (χ0) is 17.5. The van der Waals surface area contributed by atoms with E-state index in [1.165, 1.54) is 32.1 Å². The van der Waals surface area contributed by atoms with Gasteiger partial charge < -0.3 is 4.84 Å². The monoisotopic (exact) mass is 345 g/mol. The first kappa shape index (κ1) is 16.7. The molecule has 5 aliphatic carbocycles. The molecule has 0 radical (unpaired) electrons. The highest BCUT2D eigenvalue weighted by Crippen LogP contribution is 2.78. The number of hydrogen-bond acceptors (Lipinski definition) is 3. The lowest BCUT2D eigenvalue weighted by Gasteiger charge is -2.51. The van der Waals surface area contributed by atoms with Gasteiger partial charge >= 0.3 is 0 Å². The van der Waals surface area contributed by atoms with Gasteiger partial charge in [0.05, 0.1) is 6.10 Å². The molecule has 0 spiro atoms. The van der Waals surface area contributed by atoms with Crippen LogP contribution in [0.1, 0.15) is 65.7 Å². The van der Waals surface area contributed by atoms with Crippen molar-refractivity contribution in [1.29, 1.82) is 0 Å². The summed E-state index contributed by atoms with van der Waals surface area (Å²) in [5.41, 5.74) is 0.290. The first-order chi connectivity index (χ1) is 12.0. The van der Waals surface area contributed by atoms with E-state index in [9.17, 15) is 4.79 Å². The van der Waals surface area contributed by atoms with Crippen LogP contribution in [0.2, 0.25) is 0 Å². The molecule has 0 aliphatic heterocycles. The third kappa shape index (κ3) is 2.27. The standard InChI is InChI=1S/C22H35NO2/c1-11-4-7-18(25-23)21-19-15(20(19)21)10-14-13(11)8-9-22(3)16(12(2)24)5-6-17(14)22/h11,13-21H,4-10,23H2,1-3H3. The van der Waals surface area contributed by atoms with Crippen molar-refractivity contribution < 1.29 is 9.63 Å². The van der Waals surface area contributed by atoms with E-state index in [0.717, 1.165) is 60.2 Å². The fourth-order valence-electron chi connectivity index (χ4n) is 8.39. The van der Waals surface area contributed by atoms with E-state index >= 15 is 0 Å². The molecule has 0 amide bonds. The van der Waals surface area contributed by atoms with Gasteiger partial charge in [0.15, 0.2) is 0 Å². The SMILES string of the molecule is CC(=O)C1CCC2C3CC4C5C(C(ON)CCC(C)C3CCC12C)C45. The van der Waals surface area contributed by atoms with E-state index in [1.807, 2.05) is 6.92 Å². The molecule has 2 N–H and O–H groups in total. The van der Waals surface area contributed by atoms with Gasteiger partial charge in [-0.3, -0.25) is 4.79 Å². The Balaban J connectivity index is 1.40. The molecule has 0 aromatic heterocycles. The van der Waals surface area contributed by atoms with Crippen molar-refractivity contribution in [2.75, 3.05) is 0 Å². The van der Waals surface area contributed by atoms with Crippen LogP contribution >= 0.6 is 0 Å². The molecule has 0 saturated heterocycles. The second-order valence-corrected chi connectivity index (χ2v) is 10.6. The molecule has 3 heteroatoms. The number of hydrogen-bond donors (Lipinski definition) is 1. The predicted octanol–water partition coefficient (Wildman–Crippen LogP) is 4.21. The zero-order valence-electron chi connectivity index (χ0n) is 16.1. The Morgan fingerprint density at radius 3 is 2.44 bits per heavy atom. The average Bonchev–Trinajstić information content (AvgIpc) is 3.44. The second-order valence-electron chi connectivity index (χ2n) is 10.6. The van der Waals surface area contributed by atoms with Crippen LogP contribution < -0.4 is 5.90 Å². The van der Waals surface area contributed by atoms with E-state index in [-0.39, 0.29) is 5.41 Å². The van der Waals surface area contributed by atoms with Crippen LogP contribution in [0.4, 0.5) is 0 Å². The van der Waals surface area contributed by atoms with Gasteiger partial charge in [-0.1, -0.05) is 13.8 Å². The van der Waals surface area contributed by atoms with Crippen LogP contribution in [0.25, 0.3) is 0 Å². The molecule has 3 nitrogen and oxygen atoms in total. The Labute approximate surface area is 152 Å². The summed E-state index contributed by atoms with van der Waals surface area (Å²) in [6.07, 6.45) is 9.24. The van der Waals surface area contributed by atoms with Gasteiger partial charge in [-0.25, -0.2) is 5.90 Å². The molecule has 0 aromatic rings. The lowest BCUT2D eigenvalue weighted by molar-refractivity contribution is -0.126. The molecule has 9 unspecified atom stereocenters. The summed E-state index contributed by atoms with van der Waals surface area (Å²) in [7, 11) is 0. The van der Waals surface area contributed by atoms with Gasteiger partial charge in [-0.05, 0) is 105 Å². The van der Waals surface area contributed by atoms with E-state index in [4.69, 9.17) is 10.7 Å². The van der Waals surface area contributed by atoms with Gasteiger partial charge in [0.2, 0.25) is 0 Å². The number of Topliss-reactive ketones (excluding diaryl/α,β-unsaturated/α-hetero) is 1. The second kappa shape index (κ2) is 5.55. The van der Waals surface area contributed by atoms with Gasteiger partial charge in [-0.15, -0.1) is 0 Å². The van der Waals surface area contributed by atoms with Crippen LogP contribution in [-0.4, -0.2) is 11.9 Å². The molecule has 5 rings (SSSR count). The Kier molecular flexibility index (Phi) is 3.71. The molecule has 5 aliphatic rings.